The van der Waals surface area contributed by atoms with Crippen LogP contribution < -0.4 is 14.5 Å². The lowest BCUT2D eigenvalue weighted by atomic mass is 10.2. The summed E-state index contributed by atoms with van der Waals surface area (Å²) < 4.78 is 33.3. The molecule has 0 fully saturated rings. The summed E-state index contributed by atoms with van der Waals surface area (Å²) in [5, 5.41) is 4.07. The summed E-state index contributed by atoms with van der Waals surface area (Å²) in [6, 6.07) is 15.2. The SMILES string of the molecule is COc1ccc(C)cc1N(CC(=O)N/N=C\c1cc(C)n(-c2ccccc2C)c1C)S(C)(=O)=O. The lowest BCUT2D eigenvalue weighted by Crippen LogP contribution is -2.39. The van der Waals surface area contributed by atoms with Gasteiger partial charge in [0.1, 0.15) is 12.3 Å². The molecule has 0 aliphatic carbocycles. The maximum absolute atomic E-state index is 12.6. The third-order valence-electron chi connectivity index (χ3n) is 5.51. The van der Waals surface area contributed by atoms with Crippen LogP contribution in [0.2, 0.25) is 0 Å². The van der Waals surface area contributed by atoms with E-state index in [4.69, 9.17) is 4.74 Å². The Morgan fingerprint density at radius 2 is 1.82 bits per heavy atom. The first-order chi connectivity index (χ1) is 16.0. The zero-order chi connectivity index (χ0) is 25.0. The topological polar surface area (TPSA) is 93.0 Å². The van der Waals surface area contributed by atoms with E-state index >= 15 is 0 Å². The van der Waals surface area contributed by atoms with Crippen LogP contribution in [0.3, 0.4) is 0 Å². The minimum absolute atomic E-state index is 0.297. The molecular weight excluding hydrogens is 452 g/mol. The maximum Gasteiger partial charge on any atom is 0.260 e. The van der Waals surface area contributed by atoms with Crippen molar-refractivity contribution in [1.82, 2.24) is 9.99 Å². The normalized spacial score (nSPS) is 11.6. The van der Waals surface area contributed by atoms with Gasteiger partial charge in [-0.2, -0.15) is 5.10 Å². The second kappa shape index (κ2) is 10.1. The van der Waals surface area contributed by atoms with E-state index in [1.807, 2.05) is 39.0 Å². The molecule has 2 aromatic carbocycles. The van der Waals surface area contributed by atoms with Crippen molar-refractivity contribution in [2.75, 3.05) is 24.2 Å². The van der Waals surface area contributed by atoms with Gasteiger partial charge in [0.15, 0.2) is 0 Å². The van der Waals surface area contributed by atoms with Gasteiger partial charge in [0.2, 0.25) is 10.0 Å². The van der Waals surface area contributed by atoms with Crippen molar-refractivity contribution in [1.29, 1.82) is 0 Å². The van der Waals surface area contributed by atoms with Gasteiger partial charge in [-0.15, -0.1) is 0 Å². The van der Waals surface area contributed by atoms with Crippen LogP contribution >= 0.6 is 0 Å². The lowest BCUT2D eigenvalue weighted by molar-refractivity contribution is -0.119. The molecule has 0 atom stereocenters. The Bertz CT molecular complexity index is 1340. The first-order valence-corrected chi connectivity index (χ1v) is 12.6. The minimum atomic E-state index is -3.75. The number of carbonyl (C=O) groups excluding carboxylic acids is 1. The van der Waals surface area contributed by atoms with Crippen LogP contribution in [0.25, 0.3) is 5.69 Å². The van der Waals surface area contributed by atoms with E-state index in [2.05, 4.69) is 34.2 Å². The number of nitrogens with zero attached hydrogens (tertiary/aromatic N) is 3. The zero-order valence-electron chi connectivity index (χ0n) is 20.3. The quantitative estimate of drug-likeness (QED) is 0.392. The molecule has 0 aliphatic rings. The zero-order valence-corrected chi connectivity index (χ0v) is 21.1. The molecule has 0 radical (unpaired) electrons. The second-order valence-corrected chi connectivity index (χ2v) is 10.1. The van der Waals surface area contributed by atoms with E-state index < -0.39 is 22.5 Å². The average molecular weight is 483 g/mol. The highest BCUT2D eigenvalue weighted by molar-refractivity contribution is 7.92. The molecule has 0 saturated heterocycles. The van der Waals surface area contributed by atoms with E-state index in [1.165, 1.54) is 7.11 Å². The summed E-state index contributed by atoms with van der Waals surface area (Å²) in [5.74, 6) is -0.214. The van der Waals surface area contributed by atoms with Crippen molar-refractivity contribution in [2.45, 2.75) is 27.7 Å². The molecule has 0 unspecified atom stereocenters. The summed E-state index contributed by atoms with van der Waals surface area (Å²) in [4.78, 5) is 12.6. The predicted octanol–water partition coefficient (Wildman–Crippen LogP) is 3.64. The van der Waals surface area contributed by atoms with Crippen molar-refractivity contribution in [3.63, 3.8) is 0 Å². The van der Waals surface area contributed by atoms with E-state index in [0.29, 0.717) is 11.4 Å². The number of ether oxygens (including phenoxy) is 1. The highest BCUT2D eigenvalue weighted by Crippen LogP contribution is 2.30. The molecule has 1 aromatic heterocycles. The molecule has 8 nitrogen and oxygen atoms in total. The molecule has 0 bridgehead atoms. The van der Waals surface area contributed by atoms with Gasteiger partial charge in [0, 0.05) is 22.6 Å². The van der Waals surface area contributed by atoms with Crippen LogP contribution in [0.15, 0.2) is 53.6 Å². The number of para-hydroxylation sites is 1. The Kier molecular flexibility index (Phi) is 7.46. The molecule has 1 amide bonds. The van der Waals surface area contributed by atoms with Crippen LogP contribution in [0.1, 0.15) is 28.1 Å². The first kappa shape index (κ1) is 25.0. The average Bonchev–Trinajstić information content (AvgIpc) is 3.04. The molecule has 9 heteroatoms. The Balaban J connectivity index is 1.79. The highest BCUT2D eigenvalue weighted by Gasteiger charge is 2.24. The van der Waals surface area contributed by atoms with E-state index in [-0.39, 0.29) is 0 Å². The fourth-order valence-corrected chi connectivity index (χ4v) is 4.67. The smallest absolute Gasteiger partial charge is 0.260 e. The maximum atomic E-state index is 12.6. The molecule has 1 heterocycles. The third-order valence-corrected chi connectivity index (χ3v) is 6.64. The molecule has 180 valence electrons. The Morgan fingerprint density at radius 1 is 1.12 bits per heavy atom. The number of aryl methyl sites for hydroxylation is 3. The predicted molar refractivity (Wildman–Crippen MR) is 136 cm³/mol. The van der Waals surface area contributed by atoms with Crippen LogP contribution in [0, 0.1) is 27.7 Å². The number of sulfonamides is 1. The van der Waals surface area contributed by atoms with Gasteiger partial charge in [-0.25, -0.2) is 13.8 Å². The standard InChI is InChI=1S/C25H30N4O4S/c1-17-11-12-24(33-5)23(13-17)28(34(6,31)32)16-25(30)27-26-15-21-14-19(3)29(20(21)4)22-10-8-7-9-18(22)2/h7-15H,16H2,1-6H3,(H,27,30)/b26-15-. The third kappa shape index (κ3) is 5.48. The number of benzene rings is 2. The molecule has 0 saturated carbocycles. The van der Waals surface area contributed by atoms with Crippen LogP contribution in [-0.2, 0) is 14.8 Å². The number of hydrogen-bond acceptors (Lipinski definition) is 5. The minimum Gasteiger partial charge on any atom is -0.495 e. The molecule has 34 heavy (non-hydrogen) atoms. The van der Waals surface area contributed by atoms with Gasteiger partial charge in [-0.05, 0) is 63.1 Å². The van der Waals surface area contributed by atoms with E-state index in [9.17, 15) is 13.2 Å². The second-order valence-electron chi connectivity index (χ2n) is 8.19. The monoisotopic (exact) mass is 482 g/mol. The van der Waals surface area contributed by atoms with Crippen molar-refractivity contribution in [3.05, 3.63) is 76.6 Å². The Morgan fingerprint density at radius 3 is 2.47 bits per heavy atom. The number of nitrogens with one attached hydrogen (secondary N) is 1. The van der Waals surface area contributed by atoms with Crippen molar-refractivity contribution < 1.29 is 17.9 Å². The van der Waals surface area contributed by atoms with Crippen LogP contribution in [0.5, 0.6) is 5.75 Å². The van der Waals surface area contributed by atoms with E-state index in [0.717, 1.165) is 44.3 Å². The number of hydrazone groups is 1. The fraction of sp³-hybridized carbons (Fsp3) is 0.280. The summed E-state index contributed by atoms with van der Waals surface area (Å²) in [7, 11) is -2.30. The van der Waals surface area contributed by atoms with Crippen LogP contribution in [0.4, 0.5) is 5.69 Å². The number of aromatic nitrogens is 1. The summed E-state index contributed by atoms with van der Waals surface area (Å²) >= 11 is 0. The number of methoxy groups -OCH3 is 1. The van der Waals surface area contributed by atoms with Gasteiger partial charge in [0.05, 0.1) is 25.3 Å². The van der Waals surface area contributed by atoms with Crippen LogP contribution in [-0.4, -0.2) is 45.0 Å². The fourth-order valence-electron chi connectivity index (χ4n) is 3.82. The van der Waals surface area contributed by atoms with Crippen molar-refractivity contribution in [2.24, 2.45) is 5.10 Å². The molecule has 0 spiro atoms. The largest absolute Gasteiger partial charge is 0.495 e. The first-order valence-electron chi connectivity index (χ1n) is 10.7. The molecule has 3 rings (SSSR count). The Labute approximate surface area is 200 Å². The van der Waals surface area contributed by atoms with Crippen molar-refractivity contribution >= 4 is 27.8 Å². The van der Waals surface area contributed by atoms with Gasteiger partial charge >= 0.3 is 0 Å². The number of rotatable bonds is 8. The molecule has 3 aromatic rings. The molecular formula is C25H30N4O4S. The lowest BCUT2D eigenvalue weighted by Gasteiger charge is -2.23. The highest BCUT2D eigenvalue weighted by atomic mass is 32.2. The Hall–Kier alpha value is -3.59. The summed E-state index contributed by atoms with van der Waals surface area (Å²) in [6.45, 7) is 7.45. The van der Waals surface area contributed by atoms with E-state index in [1.54, 1.807) is 24.4 Å². The van der Waals surface area contributed by atoms with Gasteiger partial charge in [0.25, 0.3) is 5.91 Å². The van der Waals surface area contributed by atoms with Gasteiger partial charge in [-0.1, -0.05) is 24.3 Å². The van der Waals surface area contributed by atoms with Gasteiger partial charge < -0.3 is 9.30 Å². The number of hydrogen-bond donors (Lipinski definition) is 1. The number of carbonyl (C=O) groups is 1. The summed E-state index contributed by atoms with van der Waals surface area (Å²) in [6.07, 6.45) is 2.61. The summed E-state index contributed by atoms with van der Waals surface area (Å²) in [5.41, 5.74) is 8.66. The molecule has 0 aliphatic heterocycles. The van der Waals surface area contributed by atoms with Gasteiger partial charge in [-0.3, -0.25) is 9.10 Å². The number of anilines is 1. The van der Waals surface area contributed by atoms with Crippen molar-refractivity contribution in [3.8, 4) is 11.4 Å². The number of amides is 1. The molecule has 1 N–H and O–H groups in total.